The summed E-state index contributed by atoms with van der Waals surface area (Å²) >= 11 is 1.06. The van der Waals surface area contributed by atoms with E-state index in [0.29, 0.717) is 16.2 Å². The average molecular weight is 330 g/mol. The standard InChI is InChI=1S/C10H9F3N8S/c1-21-6(10(11,12)13)4(2-15-21)3-22-8-5-7(19-20-18-5)16-9(14)17-8/h2H,3H2,1H3,(H3,14,16,17,18,19,20). The van der Waals surface area contributed by atoms with Crippen LogP contribution < -0.4 is 5.73 Å². The monoisotopic (exact) mass is 330 g/mol. The lowest BCUT2D eigenvalue weighted by Gasteiger charge is -2.09. The van der Waals surface area contributed by atoms with Crippen LogP contribution in [0.3, 0.4) is 0 Å². The molecule has 3 rings (SSSR count). The van der Waals surface area contributed by atoms with Crippen molar-refractivity contribution in [2.45, 2.75) is 17.0 Å². The first-order valence-electron chi connectivity index (χ1n) is 5.91. The van der Waals surface area contributed by atoms with Crippen LogP contribution >= 0.6 is 11.8 Å². The number of nitrogens with one attached hydrogen (secondary N) is 1. The van der Waals surface area contributed by atoms with Crippen molar-refractivity contribution in [1.82, 2.24) is 35.2 Å². The van der Waals surface area contributed by atoms with E-state index < -0.39 is 11.9 Å². The highest BCUT2D eigenvalue weighted by molar-refractivity contribution is 7.98. The van der Waals surface area contributed by atoms with Crippen molar-refractivity contribution in [2.24, 2.45) is 7.05 Å². The highest BCUT2D eigenvalue weighted by Gasteiger charge is 2.37. The number of halogens is 3. The molecule has 0 aromatic carbocycles. The van der Waals surface area contributed by atoms with Gasteiger partial charge in [-0.05, 0) is 0 Å². The molecule has 0 fully saturated rings. The summed E-state index contributed by atoms with van der Waals surface area (Å²) in [6.07, 6.45) is -3.30. The Hall–Kier alpha value is -2.37. The van der Waals surface area contributed by atoms with Gasteiger partial charge in [0.1, 0.15) is 10.7 Å². The number of nitrogens with zero attached hydrogens (tertiary/aromatic N) is 6. The lowest BCUT2D eigenvalue weighted by Crippen LogP contribution is -2.14. The van der Waals surface area contributed by atoms with Gasteiger partial charge in [-0.25, -0.2) is 10.1 Å². The number of nitrogens with two attached hydrogens (primary N) is 1. The number of thioether (sulfide) groups is 1. The molecular formula is C10H9F3N8S. The lowest BCUT2D eigenvalue weighted by molar-refractivity contribution is -0.144. The number of aromatic nitrogens is 7. The minimum atomic E-state index is -4.48. The van der Waals surface area contributed by atoms with E-state index in [1.807, 2.05) is 0 Å². The van der Waals surface area contributed by atoms with Crippen molar-refractivity contribution in [3.63, 3.8) is 0 Å². The maximum absolute atomic E-state index is 13.0. The first kappa shape index (κ1) is 14.6. The fraction of sp³-hybridized carbons (Fsp3) is 0.300. The van der Waals surface area contributed by atoms with Crippen LogP contribution in [0.1, 0.15) is 11.3 Å². The van der Waals surface area contributed by atoms with Crippen LogP contribution in [0.5, 0.6) is 0 Å². The van der Waals surface area contributed by atoms with Gasteiger partial charge in [-0.3, -0.25) is 4.68 Å². The second-order valence-electron chi connectivity index (χ2n) is 4.32. The van der Waals surface area contributed by atoms with Gasteiger partial charge in [0.05, 0.1) is 6.20 Å². The van der Waals surface area contributed by atoms with Crippen LogP contribution in [-0.4, -0.2) is 35.2 Å². The molecule has 0 spiro atoms. The molecule has 22 heavy (non-hydrogen) atoms. The molecule has 0 aliphatic carbocycles. The summed E-state index contributed by atoms with van der Waals surface area (Å²) in [6, 6.07) is 0. The third kappa shape index (κ3) is 2.56. The van der Waals surface area contributed by atoms with Gasteiger partial charge in [-0.1, -0.05) is 17.0 Å². The quantitative estimate of drug-likeness (QED) is 0.551. The third-order valence-electron chi connectivity index (χ3n) is 2.82. The molecule has 8 nitrogen and oxygen atoms in total. The number of rotatable bonds is 3. The Morgan fingerprint density at radius 1 is 1.36 bits per heavy atom. The molecule has 0 aliphatic rings. The number of hydrogen-bond acceptors (Lipinski definition) is 7. The molecule has 0 radical (unpaired) electrons. The van der Waals surface area contributed by atoms with Gasteiger partial charge in [0.15, 0.2) is 11.2 Å². The van der Waals surface area contributed by atoms with Gasteiger partial charge >= 0.3 is 6.18 Å². The van der Waals surface area contributed by atoms with E-state index in [0.717, 1.165) is 16.4 Å². The molecule has 3 aromatic heterocycles. The van der Waals surface area contributed by atoms with Crippen molar-refractivity contribution in [3.8, 4) is 0 Å². The summed E-state index contributed by atoms with van der Waals surface area (Å²) in [5.74, 6) is 0.00413. The second-order valence-corrected chi connectivity index (χ2v) is 5.29. The number of H-pyrrole nitrogens is 1. The van der Waals surface area contributed by atoms with E-state index in [4.69, 9.17) is 5.73 Å². The summed E-state index contributed by atoms with van der Waals surface area (Å²) in [5.41, 5.74) is 5.49. The van der Waals surface area contributed by atoms with Gasteiger partial charge in [0, 0.05) is 18.4 Å². The summed E-state index contributed by atoms with van der Waals surface area (Å²) in [5, 5.41) is 13.9. The fourth-order valence-electron chi connectivity index (χ4n) is 1.94. The SMILES string of the molecule is Cn1ncc(CSc2nc(N)nc3[nH]nnc23)c1C(F)(F)F. The molecule has 0 atom stereocenters. The van der Waals surface area contributed by atoms with Crippen LogP contribution in [0, 0.1) is 0 Å². The molecule has 3 N–H and O–H groups in total. The van der Waals surface area contributed by atoms with Crippen LogP contribution in [0.4, 0.5) is 19.1 Å². The maximum Gasteiger partial charge on any atom is 0.433 e. The Labute approximate surface area is 125 Å². The molecular weight excluding hydrogens is 321 g/mol. The van der Waals surface area contributed by atoms with Gasteiger partial charge in [0.2, 0.25) is 5.95 Å². The maximum atomic E-state index is 13.0. The summed E-state index contributed by atoms with van der Waals surface area (Å²) < 4.78 is 39.8. The van der Waals surface area contributed by atoms with Crippen molar-refractivity contribution >= 4 is 28.9 Å². The number of anilines is 1. The number of alkyl halides is 3. The Morgan fingerprint density at radius 3 is 2.86 bits per heavy atom. The molecule has 0 amide bonds. The smallest absolute Gasteiger partial charge is 0.368 e. The van der Waals surface area contributed by atoms with E-state index in [1.165, 1.54) is 13.2 Å². The van der Waals surface area contributed by atoms with Gasteiger partial charge in [-0.2, -0.15) is 23.3 Å². The number of aryl methyl sites for hydroxylation is 1. The molecule has 0 unspecified atom stereocenters. The van der Waals surface area contributed by atoms with E-state index in [2.05, 4.69) is 30.5 Å². The lowest BCUT2D eigenvalue weighted by atomic mass is 10.3. The second kappa shape index (κ2) is 5.12. The normalized spacial score (nSPS) is 12.2. The molecule has 3 heterocycles. The predicted molar refractivity (Wildman–Crippen MR) is 71.7 cm³/mol. The highest BCUT2D eigenvalue weighted by Crippen LogP contribution is 2.35. The largest absolute Gasteiger partial charge is 0.433 e. The zero-order valence-corrected chi connectivity index (χ0v) is 11.9. The fourth-order valence-corrected chi connectivity index (χ4v) is 2.88. The van der Waals surface area contributed by atoms with Crippen molar-refractivity contribution < 1.29 is 13.2 Å². The van der Waals surface area contributed by atoms with Crippen molar-refractivity contribution in [3.05, 3.63) is 17.5 Å². The average Bonchev–Trinajstić information content (AvgIpc) is 3.01. The van der Waals surface area contributed by atoms with Crippen molar-refractivity contribution in [2.75, 3.05) is 5.73 Å². The molecule has 0 saturated heterocycles. The molecule has 116 valence electrons. The first-order valence-corrected chi connectivity index (χ1v) is 6.90. The summed E-state index contributed by atoms with van der Waals surface area (Å²) in [6.45, 7) is 0. The molecule has 0 saturated carbocycles. The van der Waals surface area contributed by atoms with E-state index in [1.54, 1.807) is 0 Å². The van der Waals surface area contributed by atoms with E-state index >= 15 is 0 Å². The van der Waals surface area contributed by atoms with Crippen LogP contribution in [-0.2, 0) is 19.0 Å². The third-order valence-corrected chi connectivity index (χ3v) is 3.84. The van der Waals surface area contributed by atoms with Crippen molar-refractivity contribution in [1.29, 1.82) is 0 Å². The number of fused-ring (bicyclic) bond motifs is 1. The Balaban J connectivity index is 1.91. The van der Waals surface area contributed by atoms with Crippen LogP contribution in [0.25, 0.3) is 11.2 Å². The highest BCUT2D eigenvalue weighted by atomic mass is 32.2. The summed E-state index contributed by atoms with van der Waals surface area (Å²) in [7, 11) is 1.25. The molecule has 12 heteroatoms. The van der Waals surface area contributed by atoms with Gasteiger partial charge < -0.3 is 5.73 Å². The number of nitrogen functional groups attached to an aromatic ring is 1. The number of aromatic amines is 1. The molecule has 0 bridgehead atoms. The zero-order valence-electron chi connectivity index (χ0n) is 11.1. The summed E-state index contributed by atoms with van der Waals surface area (Å²) in [4.78, 5) is 7.87. The predicted octanol–water partition coefficient (Wildman–Crippen LogP) is 1.37. The molecule has 3 aromatic rings. The topological polar surface area (TPSA) is 111 Å². The van der Waals surface area contributed by atoms with Gasteiger partial charge in [0.25, 0.3) is 0 Å². The molecule has 0 aliphatic heterocycles. The van der Waals surface area contributed by atoms with E-state index in [-0.39, 0.29) is 17.3 Å². The Morgan fingerprint density at radius 2 is 2.14 bits per heavy atom. The van der Waals surface area contributed by atoms with Crippen LogP contribution in [0.15, 0.2) is 11.2 Å². The minimum Gasteiger partial charge on any atom is -0.368 e. The zero-order chi connectivity index (χ0) is 15.9. The number of hydrogen-bond donors (Lipinski definition) is 2. The van der Waals surface area contributed by atoms with Gasteiger partial charge in [-0.15, -0.1) is 5.10 Å². The van der Waals surface area contributed by atoms with E-state index in [9.17, 15) is 13.2 Å². The first-order chi connectivity index (χ1) is 10.4. The minimum absolute atomic E-state index is 0.0109. The Kier molecular flexibility index (Phi) is 3.39. The Bertz CT molecular complexity index is 823. The van der Waals surface area contributed by atoms with Crippen LogP contribution in [0.2, 0.25) is 0 Å².